The van der Waals surface area contributed by atoms with Gasteiger partial charge in [-0.05, 0) is 29.3 Å². The van der Waals surface area contributed by atoms with Gasteiger partial charge in [-0.25, -0.2) is 0 Å². The van der Waals surface area contributed by atoms with Crippen LogP contribution in [0.3, 0.4) is 0 Å². The van der Waals surface area contributed by atoms with Gasteiger partial charge in [0.25, 0.3) is 0 Å². The summed E-state index contributed by atoms with van der Waals surface area (Å²) in [6.45, 7) is 4.44. The fraction of sp³-hybridized carbons (Fsp3) is 0.130. The topological polar surface area (TPSA) is 22.4 Å². The first kappa shape index (κ1) is 15.5. The molecule has 1 atom stereocenters. The van der Waals surface area contributed by atoms with Crippen LogP contribution in [0.15, 0.2) is 107 Å². The quantitative estimate of drug-likeness (QED) is 0.635. The van der Waals surface area contributed by atoms with Crippen molar-refractivity contribution in [2.45, 2.75) is 11.3 Å². The van der Waals surface area contributed by atoms with Crippen molar-refractivity contribution < 1.29 is 9.15 Å². The van der Waals surface area contributed by atoms with Gasteiger partial charge in [-0.15, -0.1) is 0 Å². The molecule has 0 spiro atoms. The first-order valence-electron chi connectivity index (χ1n) is 8.38. The van der Waals surface area contributed by atoms with Crippen molar-refractivity contribution in [2.75, 3.05) is 7.11 Å². The second-order valence-electron chi connectivity index (χ2n) is 6.25. The molecule has 1 unspecified atom stereocenters. The highest BCUT2D eigenvalue weighted by atomic mass is 16.5. The molecular weight excluding hydrogens is 308 g/mol. The van der Waals surface area contributed by atoms with Crippen molar-refractivity contribution in [3.63, 3.8) is 0 Å². The van der Waals surface area contributed by atoms with E-state index in [0.29, 0.717) is 0 Å². The lowest BCUT2D eigenvalue weighted by atomic mass is 9.64. The van der Waals surface area contributed by atoms with Crippen molar-refractivity contribution >= 4 is 0 Å². The molecule has 25 heavy (non-hydrogen) atoms. The highest BCUT2D eigenvalue weighted by Gasteiger charge is 2.51. The van der Waals surface area contributed by atoms with E-state index < -0.39 is 5.41 Å². The van der Waals surface area contributed by atoms with Crippen LogP contribution in [0.25, 0.3) is 0 Å². The van der Waals surface area contributed by atoms with Crippen molar-refractivity contribution in [1.29, 1.82) is 0 Å². The van der Waals surface area contributed by atoms with Crippen molar-refractivity contribution in [3.05, 3.63) is 120 Å². The van der Waals surface area contributed by atoms with E-state index in [2.05, 4.69) is 61.2 Å². The first-order valence-corrected chi connectivity index (χ1v) is 8.38. The van der Waals surface area contributed by atoms with E-state index in [9.17, 15) is 0 Å². The summed E-state index contributed by atoms with van der Waals surface area (Å²) in [7, 11) is 1.70. The third kappa shape index (κ3) is 2.25. The number of furan rings is 1. The summed E-state index contributed by atoms with van der Waals surface area (Å²) in [5.74, 6) is 1.70. The van der Waals surface area contributed by atoms with E-state index in [4.69, 9.17) is 9.15 Å². The van der Waals surface area contributed by atoms with E-state index in [1.807, 2.05) is 24.3 Å². The van der Waals surface area contributed by atoms with Gasteiger partial charge in [0.1, 0.15) is 11.5 Å². The lowest BCUT2D eigenvalue weighted by molar-refractivity contribution is 0.299. The summed E-state index contributed by atoms with van der Waals surface area (Å²) in [4.78, 5) is 0. The molecule has 0 radical (unpaired) electrons. The van der Waals surface area contributed by atoms with Crippen molar-refractivity contribution in [2.24, 2.45) is 0 Å². The number of allylic oxidation sites excluding steroid dienone is 2. The van der Waals surface area contributed by atoms with Gasteiger partial charge >= 0.3 is 0 Å². The standard InChI is InChI=1S/C23H20O2/c1-17-22(24-2)16-20(21-14-9-15-25-21)23(17,18-10-5-3-6-11-18)19-12-7-4-8-13-19/h3-16,20H,1H2,2H3. The summed E-state index contributed by atoms with van der Waals surface area (Å²) < 4.78 is 11.5. The molecule has 2 heteroatoms. The summed E-state index contributed by atoms with van der Waals surface area (Å²) in [6, 6.07) is 24.9. The average Bonchev–Trinajstić information content (AvgIpc) is 3.29. The van der Waals surface area contributed by atoms with Gasteiger partial charge in [0.15, 0.2) is 0 Å². The highest BCUT2D eigenvalue weighted by Crippen LogP contribution is 2.56. The minimum atomic E-state index is -0.453. The number of rotatable bonds is 4. The summed E-state index contributed by atoms with van der Waals surface area (Å²) in [5.41, 5.74) is 2.85. The van der Waals surface area contributed by atoms with E-state index in [1.165, 1.54) is 11.1 Å². The Labute approximate surface area is 148 Å². The lowest BCUT2D eigenvalue weighted by Gasteiger charge is -2.37. The maximum atomic E-state index is 5.82. The van der Waals surface area contributed by atoms with E-state index in [0.717, 1.165) is 17.1 Å². The second-order valence-corrected chi connectivity index (χ2v) is 6.25. The molecule has 2 nitrogen and oxygen atoms in total. The van der Waals surface area contributed by atoms with Crippen LogP contribution in [0, 0.1) is 0 Å². The number of hydrogen-bond acceptors (Lipinski definition) is 2. The molecule has 0 N–H and O–H groups in total. The zero-order valence-electron chi connectivity index (χ0n) is 14.2. The molecule has 3 aromatic rings. The number of ether oxygens (including phenoxy) is 1. The monoisotopic (exact) mass is 328 g/mol. The van der Waals surface area contributed by atoms with Gasteiger partial charge in [0, 0.05) is 5.57 Å². The fourth-order valence-corrected chi connectivity index (χ4v) is 3.99. The minimum Gasteiger partial charge on any atom is -0.497 e. The summed E-state index contributed by atoms with van der Waals surface area (Å²) in [6.07, 6.45) is 3.85. The second kappa shape index (κ2) is 6.14. The van der Waals surface area contributed by atoms with Crippen LogP contribution < -0.4 is 0 Å². The van der Waals surface area contributed by atoms with Crippen LogP contribution in [0.2, 0.25) is 0 Å². The molecule has 0 fully saturated rings. The predicted octanol–water partition coefficient (Wildman–Crippen LogP) is 5.45. The largest absolute Gasteiger partial charge is 0.497 e. The number of hydrogen-bond donors (Lipinski definition) is 0. The van der Waals surface area contributed by atoms with Crippen LogP contribution in [-0.2, 0) is 10.2 Å². The minimum absolute atomic E-state index is 0.0188. The van der Waals surface area contributed by atoms with Crippen LogP contribution >= 0.6 is 0 Å². The van der Waals surface area contributed by atoms with Crippen LogP contribution in [-0.4, -0.2) is 7.11 Å². The van der Waals surface area contributed by atoms with E-state index >= 15 is 0 Å². The molecular formula is C23H20O2. The van der Waals surface area contributed by atoms with Crippen LogP contribution in [0.1, 0.15) is 22.8 Å². The van der Waals surface area contributed by atoms with Gasteiger partial charge in [0.2, 0.25) is 0 Å². The van der Waals surface area contributed by atoms with E-state index in [-0.39, 0.29) is 5.92 Å². The molecule has 2 aromatic carbocycles. The normalized spacial score (nSPS) is 18.8. The molecule has 4 rings (SSSR count). The maximum Gasteiger partial charge on any atom is 0.119 e. The van der Waals surface area contributed by atoms with Gasteiger partial charge in [-0.2, -0.15) is 0 Å². The Bertz CT molecular complexity index is 850. The third-order valence-corrected chi connectivity index (χ3v) is 5.09. The Morgan fingerprint density at radius 1 is 0.880 bits per heavy atom. The Morgan fingerprint density at radius 2 is 1.48 bits per heavy atom. The molecule has 124 valence electrons. The Balaban J connectivity index is 2.04. The van der Waals surface area contributed by atoms with E-state index in [1.54, 1.807) is 13.4 Å². The predicted molar refractivity (Wildman–Crippen MR) is 99.3 cm³/mol. The Hall–Kier alpha value is -3.00. The zero-order chi connectivity index (χ0) is 17.3. The zero-order valence-corrected chi connectivity index (χ0v) is 14.2. The molecule has 1 aliphatic carbocycles. The number of methoxy groups -OCH3 is 1. The van der Waals surface area contributed by atoms with Gasteiger partial charge in [0.05, 0.1) is 24.7 Å². The van der Waals surface area contributed by atoms with Gasteiger partial charge in [-0.3, -0.25) is 0 Å². The molecule has 0 aliphatic heterocycles. The molecule has 0 bridgehead atoms. The molecule has 1 aliphatic rings. The average molecular weight is 328 g/mol. The summed E-state index contributed by atoms with van der Waals surface area (Å²) in [5, 5.41) is 0. The lowest BCUT2D eigenvalue weighted by Crippen LogP contribution is -2.33. The Morgan fingerprint density at radius 3 is 1.96 bits per heavy atom. The molecule has 0 saturated carbocycles. The Kier molecular flexibility index (Phi) is 3.81. The SMILES string of the molecule is C=C1C(OC)=CC(c2ccco2)C1(c1ccccc1)c1ccccc1. The number of benzene rings is 2. The fourth-order valence-electron chi connectivity index (χ4n) is 3.99. The van der Waals surface area contributed by atoms with Gasteiger partial charge in [-0.1, -0.05) is 67.2 Å². The smallest absolute Gasteiger partial charge is 0.119 e. The van der Waals surface area contributed by atoms with Gasteiger partial charge < -0.3 is 9.15 Å². The van der Waals surface area contributed by atoms with Crippen molar-refractivity contribution in [3.8, 4) is 0 Å². The molecule has 0 saturated heterocycles. The third-order valence-electron chi connectivity index (χ3n) is 5.09. The maximum absolute atomic E-state index is 5.82. The molecule has 0 amide bonds. The molecule has 1 heterocycles. The highest BCUT2D eigenvalue weighted by molar-refractivity contribution is 5.62. The molecule has 1 aromatic heterocycles. The van der Waals surface area contributed by atoms with Crippen molar-refractivity contribution in [1.82, 2.24) is 0 Å². The van der Waals surface area contributed by atoms with Crippen LogP contribution in [0.5, 0.6) is 0 Å². The van der Waals surface area contributed by atoms with Crippen LogP contribution in [0.4, 0.5) is 0 Å². The summed E-state index contributed by atoms with van der Waals surface area (Å²) >= 11 is 0. The first-order chi connectivity index (χ1) is 12.3.